The van der Waals surface area contributed by atoms with E-state index in [0.717, 1.165) is 6.54 Å². The van der Waals surface area contributed by atoms with Crippen molar-refractivity contribution >= 4 is 5.97 Å². The molecule has 4 nitrogen and oxygen atoms in total. The minimum atomic E-state index is -0.176. The molecule has 0 aromatic heterocycles. The van der Waals surface area contributed by atoms with E-state index in [1.807, 2.05) is 25.1 Å². The molecule has 1 unspecified atom stereocenters. The van der Waals surface area contributed by atoms with E-state index in [1.165, 1.54) is 5.56 Å². The van der Waals surface area contributed by atoms with Crippen molar-refractivity contribution in [3.63, 3.8) is 0 Å². The number of hydrogen-bond acceptors (Lipinski definition) is 4. The van der Waals surface area contributed by atoms with Crippen LogP contribution in [0.4, 0.5) is 0 Å². The molecule has 0 radical (unpaired) electrons. The van der Waals surface area contributed by atoms with Crippen molar-refractivity contribution in [2.45, 2.75) is 32.7 Å². The molecule has 1 rings (SSSR count). The van der Waals surface area contributed by atoms with Crippen LogP contribution < -0.4 is 5.73 Å². The highest BCUT2D eigenvalue weighted by Crippen LogP contribution is 2.17. The van der Waals surface area contributed by atoms with Crippen LogP contribution in [0, 0.1) is 0 Å². The number of hydrogen-bond donors (Lipinski definition) is 1. The summed E-state index contributed by atoms with van der Waals surface area (Å²) in [6.45, 7) is 8.05. The zero-order valence-electron chi connectivity index (χ0n) is 12.7. The Hall–Kier alpha value is -1.39. The van der Waals surface area contributed by atoms with Gasteiger partial charge in [0.05, 0.1) is 13.2 Å². The summed E-state index contributed by atoms with van der Waals surface area (Å²) in [7, 11) is 0. The van der Waals surface area contributed by atoms with Gasteiger partial charge in [-0.3, -0.25) is 9.69 Å². The second-order valence-electron chi connectivity index (χ2n) is 5.17. The molecular formula is C16H26N2O2. The first kappa shape index (κ1) is 16.7. The summed E-state index contributed by atoms with van der Waals surface area (Å²) < 4.78 is 5.03. The van der Waals surface area contributed by atoms with E-state index in [4.69, 9.17) is 10.5 Å². The fourth-order valence-electron chi connectivity index (χ4n) is 2.15. The average Bonchev–Trinajstić information content (AvgIpc) is 2.44. The predicted molar refractivity (Wildman–Crippen MR) is 81.6 cm³/mol. The minimum Gasteiger partial charge on any atom is -0.465 e. The van der Waals surface area contributed by atoms with E-state index in [0.29, 0.717) is 19.7 Å². The smallest absolute Gasteiger partial charge is 0.320 e. The molecule has 0 saturated heterocycles. The zero-order valence-corrected chi connectivity index (χ0v) is 12.7. The molecule has 0 aliphatic rings. The molecule has 112 valence electrons. The molecule has 0 fully saturated rings. The van der Waals surface area contributed by atoms with Crippen LogP contribution in [0.2, 0.25) is 0 Å². The number of esters is 1. The number of ether oxygens (including phenoxy) is 1. The number of benzene rings is 1. The van der Waals surface area contributed by atoms with Crippen LogP contribution in [0.5, 0.6) is 0 Å². The van der Waals surface area contributed by atoms with E-state index >= 15 is 0 Å². The molecule has 0 aliphatic heterocycles. The maximum Gasteiger partial charge on any atom is 0.320 e. The summed E-state index contributed by atoms with van der Waals surface area (Å²) in [4.78, 5) is 13.8. The Bertz CT molecular complexity index is 393. The molecule has 1 atom stereocenters. The molecule has 2 N–H and O–H groups in total. The third-order valence-electron chi connectivity index (χ3n) is 3.38. The quantitative estimate of drug-likeness (QED) is 0.739. The molecular weight excluding hydrogens is 252 g/mol. The maximum absolute atomic E-state index is 11.7. The van der Waals surface area contributed by atoms with Crippen molar-refractivity contribution in [3.05, 3.63) is 35.9 Å². The van der Waals surface area contributed by atoms with Crippen LogP contribution in [0.3, 0.4) is 0 Å². The van der Waals surface area contributed by atoms with Gasteiger partial charge in [0.15, 0.2) is 0 Å². The summed E-state index contributed by atoms with van der Waals surface area (Å²) in [5.74, 6) is 0.0538. The summed E-state index contributed by atoms with van der Waals surface area (Å²) in [5.41, 5.74) is 7.11. The van der Waals surface area contributed by atoms with Crippen LogP contribution in [0.25, 0.3) is 0 Å². The van der Waals surface area contributed by atoms with Gasteiger partial charge >= 0.3 is 5.97 Å². The maximum atomic E-state index is 11.7. The summed E-state index contributed by atoms with van der Waals surface area (Å²) in [6, 6.07) is 10.5. The zero-order chi connectivity index (χ0) is 15.0. The summed E-state index contributed by atoms with van der Waals surface area (Å²) in [6.07, 6.45) is 0. The van der Waals surface area contributed by atoms with Gasteiger partial charge in [0.25, 0.3) is 0 Å². The van der Waals surface area contributed by atoms with E-state index in [2.05, 4.69) is 30.9 Å². The molecule has 0 saturated carbocycles. The van der Waals surface area contributed by atoms with Gasteiger partial charge in [0, 0.05) is 25.0 Å². The molecule has 1 aromatic rings. The van der Waals surface area contributed by atoms with Crippen LogP contribution in [-0.4, -0.2) is 43.2 Å². The van der Waals surface area contributed by atoms with Crippen LogP contribution in [-0.2, 0) is 9.53 Å². The second kappa shape index (κ2) is 8.72. The van der Waals surface area contributed by atoms with Gasteiger partial charge in [0.1, 0.15) is 0 Å². The van der Waals surface area contributed by atoms with Crippen molar-refractivity contribution in [1.82, 2.24) is 4.90 Å². The number of carbonyl (C=O) groups excluding carboxylic acids is 1. The Morgan fingerprint density at radius 1 is 1.30 bits per heavy atom. The highest BCUT2D eigenvalue weighted by atomic mass is 16.5. The fourth-order valence-corrected chi connectivity index (χ4v) is 2.15. The Balaban J connectivity index is 2.70. The van der Waals surface area contributed by atoms with Gasteiger partial charge < -0.3 is 10.5 Å². The lowest BCUT2D eigenvalue weighted by molar-refractivity contribution is -0.145. The molecule has 20 heavy (non-hydrogen) atoms. The molecule has 0 amide bonds. The third-order valence-corrected chi connectivity index (χ3v) is 3.38. The van der Waals surface area contributed by atoms with Gasteiger partial charge in [-0.1, -0.05) is 30.3 Å². The van der Waals surface area contributed by atoms with Crippen molar-refractivity contribution < 1.29 is 9.53 Å². The molecule has 0 aliphatic carbocycles. The first-order valence-electron chi connectivity index (χ1n) is 7.23. The van der Waals surface area contributed by atoms with Gasteiger partial charge in [-0.15, -0.1) is 0 Å². The topological polar surface area (TPSA) is 55.6 Å². The standard InChI is InChI=1S/C16H26N2O2/c1-4-20-16(19)12-18(13(2)3)11-15(10-17)14-8-6-5-7-9-14/h5-9,13,15H,4,10-12,17H2,1-3H3. The van der Waals surface area contributed by atoms with Gasteiger partial charge in [-0.25, -0.2) is 0 Å². The molecule has 4 heteroatoms. The molecule has 0 heterocycles. The van der Waals surface area contributed by atoms with E-state index < -0.39 is 0 Å². The predicted octanol–water partition coefficient (Wildman–Crippen LogP) is 2.00. The van der Waals surface area contributed by atoms with Crippen molar-refractivity contribution in [1.29, 1.82) is 0 Å². The lowest BCUT2D eigenvalue weighted by Crippen LogP contribution is -2.40. The van der Waals surface area contributed by atoms with Crippen molar-refractivity contribution in [2.24, 2.45) is 5.73 Å². The highest BCUT2D eigenvalue weighted by Gasteiger charge is 2.20. The molecule has 0 spiro atoms. The van der Waals surface area contributed by atoms with E-state index in [-0.39, 0.29) is 17.9 Å². The Kier molecular flexibility index (Phi) is 7.26. The number of nitrogens with zero attached hydrogens (tertiary/aromatic N) is 1. The largest absolute Gasteiger partial charge is 0.465 e. The van der Waals surface area contributed by atoms with Crippen molar-refractivity contribution in [3.8, 4) is 0 Å². The highest BCUT2D eigenvalue weighted by molar-refractivity contribution is 5.71. The first-order chi connectivity index (χ1) is 9.58. The lowest BCUT2D eigenvalue weighted by atomic mass is 9.98. The summed E-state index contributed by atoms with van der Waals surface area (Å²) >= 11 is 0. The molecule has 0 bridgehead atoms. The van der Waals surface area contributed by atoms with Gasteiger partial charge in [0.2, 0.25) is 0 Å². The fraction of sp³-hybridized carbons (Fsp3) is 0.562. The first-order valence-corrected chi connectivity index (χ1v) is 7.23. The van der Waals surface area contributed by atoms with Crippen LogP contribution in [0.1, 0.15) is 32.3 Å². The van der Waals surface area contributed by atoms with Gasteiger partial charge in [-0.2, -0.15) is 0 Å². The number of nitrogens with two attached hydrogens (primary N) is 1. The average molecular weight is 278 g/mol. The molecule has 1 aromatic carbocycles. The Labute approximate surface area is 121 Å². The Morgan fingerprint density at radius 2 is 1.95 bits per heavy atom. The van der Waals surface area contributed by atoms with Crippen LogP contribution in [0.15, 0.2) is 30.3 Å². The lowest BCUT2D eigenvalue weighted by Gasteiger charge is -2.29. The monoisotopic (exact) mass is 278 g/mol. The summed E-state index contributed by atoms with van der Waals surface area (Å²) in [5, 5.41) is 0. The second-order valence-corrected chi connectivity index (χ2v) is 5.17. The van der Waals surface area contributed by atoms with E-state index in [1.54, 1.807) is 0 Å². The SMILES string of the molecule is CCOC(=O)CN(CC(CN)c1ccccc1)C(C)C. The number of carbonyl (C=O) groups is 1. The normalized spacial score (nSPS) is 12.7. The van der Waals surface area contributed by atoms with E-state index in [9.17, 15) is 4.79 Å². The Morgan fingerprint density at radius 3 is 2.45 bits per heavy atom. The van der Waals surface area contributed by atoms with Crippen LogP contribution >= 0.6 is 0 Å². The van der Waals surface area contributed by atoms with Crippen molar-refractivity contribution in [2.75, 3.05) is 26.2 Å². The number of rotatable bonds is 8. The third kappa shape index (κ3) is 5.31. The minimum absolute atomic E-state index is 0.176. The van der Waals surface area contributed by atoms with Gasteiger partial charge in [-0.05, 0) is 26.3 Å².